The lowest BCUT2D eigenvalue weighted by molar-refractivity contribution is -0.137. The number of carboxylic acids is 2. The number of carbonyl (C=O) groups is 3. The van der Waals surface area contributed by atoms with Crippen molar-refractivity contribution in [1.82, 2.24) is 15.5 Å². The van der Waals surface area contributed by atoms with Crippen LogP contribution in [0.3, 0.4) is 0 Å². The Balaban J connectivity index is 4.09. The maximum atomic E-state index is 12.8. The summed E-state index contributed by atoms with van der Waals surface area (Å²) in [4.78, 5) is 35.6. The molecular formula is C26H51N3O7. The number of nitrogens with one attached hydrogen (secondary N) is 2. The minimum Gasteiger partial charge on any atom is -0.481 e. The average Bonchev–Trinajstić information content (AvgIpc) is 2.84. The van der Waals surface area contributed by atoms with Crippen LogP contribution in [-0.2, 0) is 23.9 Å². The van der Waals surface area contributed by atoms with Gasteiger partial charge in [-0.2, -0.15) is 0 Å². The quantitative estimate of drug-likeness (QED) is 0.115. The highest BCUT2D eigenvalue weighted by Gasteiger charge is 2.13. The third kappa shape index (κ3) is 25.3. The number of unbranched alkanes of at least 4 members (excludes halogenated alkanes) is 6. The Morgan fingerprint density at radius 2 is 1.08 bits per heavy atom. The summed E-state index contributed by atoms with van der Waals surface area (Å²) in [6, 6.07) is 0. The third-order valence-electron chi connectivity index (χ3n) is 5.67. The summed E-state index contributed by atoms with van der Waals surface area (Å²) in [5.74, 6) is -1.48. The van der Waals surface area contributed by atoms with E-state index >= 15 is 0 Å². The molecule has 0 saturated heterocycles. The van der Waals surface area contributed by atoms with Crippen LogP contribution in [0.15, 0.2) is 0 Å². The van der Waals surface area contributed by atoms with Crippen LogP contribution >= 0.6 is 0 Å². The van der Waals surface area contributed by atoms with E-state index in [4.69, 9.17) is 19.7 Å². The second-order valence-electron chi connectivity index (χ2n) is 8.97. The first-order chi connectivity index (χ1) is 17.5. The Bertz CT molecular complexity index is 518. The molecule has 0 aliphatic heterocycles. The van der Waals surface area contributed by atoms with Gasteiger partial charge in [-0.1, -0.05) is 45.4 Å². The Labute approximate surface area is 217 Å². The number of carbonyl (C=O) groups excluding carboxylic acids is 1. The van der Waals surface area contributed by atoms with Crippen LogP contribution in [0.2, 0.25) is 0 Å². The fourth-order valence-corrected chi connectivity index (χ4v) is 3.55. The minimum absolute atomic E-state index is 0.111. The second kappa shape index (κ2) is 26.3. The van der Waals surface area contributed by atoms with Crippen LogP contribution in [0.1, 0.15) is 84.0 Å². The van der Waals surface area contributed by atoms with Gasteiger partial charge in [0.25, 0.3) is 0 Å². The van der Waals surface area contributed by atoms with Crippen LogP contribution in [0.5, 0.6) is 0 Å². The van der Waals surface area contributed by atoms with Crippen LogP contribution in [0.4, 0.5) is 0 Å². The van der Waals surface area contributed by atoms with Crippen molar-refractivity contribution in [2.24, 2.45) is 0 Å². The van der Waals surface area contributed by atoms with Crippen molar-refractivity contribution in [3.05, 3.63) is 0 Å². The van der Waals surface area contributed by atoms with Gasteiger partial charge >= 0.3 is 11.9 Å². The van der Waals surface area contributed by atoms with E-state index in [9.17, 15) is 14.4 Å². The summed E-state index contributed by atoms with van der Waals surface area (Å²) in [6.45, 7) is 7.63. The molecule has 0 saturated carbocycles. The number of ether oxygens (including phenoxy) is 2. The Morgan fingerprint density at radius 3 is 1.56 bits per heavy atom. The topological polar surface area (TPSA) is 137 Å². The molecule has 4 N–H and O–H groups in total. The number of rotatable bonds is 28. The number of amides is 1. The molecule has 36 heavy (non-hydrogen) atoms. The van der Waals surface area contributed by atoms with Gasteiger partial charge in [0.05, 0.1) is 26.1 Å². The smallest absolute Gasteiger partial charge is 0.304 e. The largest absolute Gasteiger partial charge is 0.481 e. The third-order valence-corrected chi connectivity index (χ3v) is 5.67. The molecule has 0 aromatic heterocycles. The molecule has 1 amide bonds. The van der Waals surface area contributed by atoms with Crippen molar-refractivity contribution in [2.45, 2.75) is 84.0 Å². The summed E-state index contributed by atoms with van der Waals surface area (Å²) in [7, 11) is 0. The normalized spacial score (nSPS) is 11.0. The van der Waals surface area contributed by atoms with Crippen molar-refractivity contribution in [3.63, 3.8) is 0 Å². The Hall–Kier alpha value is -1.75. The van der Waals surface area contributed by atoms with Crippen LogP contribution in [-0.4, -0.2) is 98.7 Å². The van der Waals surface area contributed by atoms with E-state index in [1.165, 1.54) is 32.1 Å². The van der Waals surface area contributed by atoms with Gasteiger partial charge in [-0.05, 0) is 32.4 Å². The minimum atomic E-state index is -0.809. The number of hydrogen-bond acceptors (Lipinski definition) is 7. The fourth-order valence-electron chi connectivity index (χ4n) is 3.55. The van der Waals surface area contributed by atoms with Crippen molar-refractivity contribution >= 4 is 17.8 Å². The van der Waals surface area contributed by atoms with Crippen molar-refractivity contribution < 1.29 is 34.1 Å². The van der Waals surface area contributed by atoms with Gasteiger partial charge in [-0.3, -0.25) is 14.4 Å². The molecule has 212 valence electrons. The summed E-state index contributed by atoms with van der Waals surface area (Å²) < 4.78 is 11.4. The molecule has 0 bridgehead atoms. The molecule has 10 heteroatoms. The molecular weight excluding hydrogens is 466 g/mol. The zero-order valence-corrected chi connectivity index (χ0v) is 22.4. The molecule has 0 aliphatic rings. The number of nitrogens with zero attached hydrogens (tertiary/aromatic N) is 1. The lowest BCUT2D eigenvalue weighted by atomic mass is 10.1. The number of carboxylic acid groups (broad SMARTS) is 2. The highest BCUT2D eigenvalue weighted by molar-refractivity contribution is 5.76. The molecule has 0 atom stereocenters. The molecule has 0 aliphatic carbocycles. The molecule has 0 heterocycles. The van der Waals surface area contributed by atoms with E-state index < -0.39 is 11.9 Å². The molecule has 0 unspecified atom stereocenters. The maximum Gasteiger partial charge on any atom is 0.304 e. The van der Waals surface area contributed by atoms with Crippen LogP contribution in [0.25, 0.3) is 0 Å². The molecule has 0 fully saturated rings. The predicted octanol–water partition coefficient (Wildman–Crippen LogP) is 2.90. The van der Waals surface area contributed by atoms with Crippen LogP contribution in [0, 0.1) is 0 Å². The SMILES string of the molecule is CCCCCCCCCC(=O)N(CCOCCCNCCC(=O)O)CCOCCCNCCC(=O)O. The predicted molar refractivity (Wildman–Crippen MR) is 140 cm³/mol. The van der Waals surface area contributed by atoms with Gasteiger partial charge in [0.2, 0.25) is 5.91 Å². The van der Waals surface area contributed by atoms with E-state index in [0.717, 1.165) is 25.7 Å². The van der Waals surface area contributed by atoms with Gasteiger partial charge in [0.15, 0.2) is 0 Å². The zero-order valence-electron chi connectivity index (χ0n) is 22.4. The van der Waals surface area contributed by atoms with E-state index in [1.54, 1.807) is 0 Å². The fraction of sp³-hybridized carbons (Fsp3) is 0.885. The van der Waals surface area contributed by atoms with Gasteiger partial charge in [-0.15, -0.1) is 0 Å². The Kier molecular flexibility index (Phi) is 25.0. The maximum absolute atomic E-state index is 12.8. The first kappa shape index (κ1) is 34.2. The summed E-state index contributed by atoms with van der Waals surface area (Å²) >= 11 is 0. The lowest BCUT2D eigenvalue weighted by Gasteiger charge is -2.23. The highest BCUT2D eigenvalue weighted by atomic mass is 16.5. The first-order valence-corrected chi connectivity index (χ1v) is 13.8. The van der Waals surface area contributed by atoms with Gasteiger partial charge in [0.1, 0.15) is 0 Å². The Morgan fingerprint density at radius 1 is 0.611 bits per heavy atom. The molecule has 10 nitrogen and oxygen atoms in total. The lowest BCUT2D eigenvalue weighted by Crippen LogP contribution is -2.36. The molecule has 0 aromatic rings. The van der Waals surface area contributed by atoms with Gasteiger partial charge in [-0.25, -0.2) is 0 Å². The van der Waals surface area contributed by atoms with E-state index in [0.29, 0.717) is 72.1 Å². The van der Waals surface area contributed by atoms with E-state index in [2.05, 4.69) is 17.6 Å². The summed E-state index contributed by atoms with van der Waals surface area (Å²) in [5, 5.41) is 23.4. The molecule has 0 spiro atoms. The summed E-state index contributed by atoms with van der Waals surface area (Å²) in [6.07, 6.45) is 10.6. The van der Waals surface area contributed by atoms with E-state index in [1.807, 2.05) is 4.90 Å². The monoisotopic (exact) mass is 517 g/mol. The van der Waals surface area contributed by atoms with Crippen molar-refractivity contribution in [1.29, 1.82) is 0 Å². The van der Waals surface area contributed by atoms with Crippen molar-refractivity contribution in [3.8, 4) is 0 Å². The standard InChI is InChI=1S/C26H51N3O7/c1-2-3-4-5-6-7-8-11-24(30)29(18-22-35-20-9-14-27-16-12-25(31)32)19-23-36-21-10-15-28-17-13-26(33)34/h27-28H,2-23H2,1H3,(H,31,32)(H,33,34). The van der Waals surface area contributed by atoms with Crippen molar-refractivity contribution in [2.75, 3.05) is 65.7 Å². The van der Waals surface area contributed by atoms with Gasteiger partial charge < -0.3 is 35.2 Å². The van der Waals surface area contributed by atoms with E-state index in [-0.39, 0.29) is 18.7 Å². The molecule has 0 aromatic carbocycles. The zero-order chi connectivity index (χ0) is 26.7. The van der Waals surface area contributed by atoms with Crippen LogP contribution < -0.4 is 10.6 Å². The van der Waals surface area contributed by atoms with Gasteiger partial charge in [0, 0.05) is 45.8 Å². The second-order valence-corrected chi connectivity index (χ2v) is 8.97. The first-order valence-electron chi connectivity index (χ1n) is 13.8. The molecule has 0 rings (SSSR count). The highest BCUT2D eigenvalue weighted by Crippen LogP contribution is 2.09. The number of hydrogen-bond donors (Lipinski definition) is 4. The number of aliphatic carboxylic acids is 2. The summed E-state index contributed by atoms with van der Waals surface area (Å²) in [5.41, 5.74) is 0. The average molecular weight is 518 g/mol. The molecule has 0 radical (unpaired) electrons.